The number of methoxy groups -OCH3 is 3. The Morgan fingerprint density at radius 3 is 2.50 bits per heavy atom. The zero-order valence-corrected chi connectivity index (χ0v) is 15.3. The van der Waals surface area contributed by atoms with Crippen molar-refractivity contribution in [3.05, 3.63) is 35.5 Å². The third-order valence-corrected chi connectivity index (χ3v) is 3.72. The van der Waals surface area contributed by atoms with Gasteiger partial charge in [-0.2, -0.15) is 0 Å². The summed E-state index contributed by atoms with van der Waals surface area (Å²) < 4.78 is 26.1. The number of hydrogen-bond donors (Lipinski definition) is 0. The third-order valence-electron chi connectivity index (χ3n) is 3.72. The molecule has 1 heterocycles. The molecule has 8 nitrogen and oxygen atoms in total. The molecular weight excluding hydrogens is 342 g/mol. The van der Waals surface area contributed by atoms with E-state index in [4.69, 9.17) is 23.7 Å². The number of ether oxygens (including phenoxy) is 5. The van der Waals surface area contributed by atoms with Gasteiger partial charge in [0.25, 0.3) is 0 Å². The Balaban J connectivity index is 2.48. The van der Waals surface area contributed by atoms with Crippen LogP contribution in [0.1, 0.15) is 6.92 Å². The molecule has 1 aromatic rings. The van der Waals surface area contributed by atoms with E-state index in [9.17, 15) is 9.59 Å². The zero-order valence-electron chi connectivity index (χ0n) is 15.3. The van der Waals surface area contributed by atoms with Crippen LogP contribution in [0.3, 0.4) is 0 Å². The standard InChI is InChI=1S/C18H23NO7/c1-12(9-22-2)26-15-8-6-5-7-14(15)19-11-25-10-13(17(20)23-3)16(19)18(21)24-4/h5-8,12H,9-11H2,1-4H3. The summed E-state index contributed by atoms with van der Waals surface area (Å²) in [7, 11) is 4.08. The average Bonchev–Trinajstić information content (AvgIpc) is 2.66. The lowest BCUT2D eigenvalue weighted by Crippen LogP contribution is -2.39. The smallest absolute Gasteiger partial charge is 0.355 e. The first-order valence-corrected chi connectivity index (χ1v) is 8.03. The van der Waals surface area contributed by atoms with Gasteiger partial charge in [0.1, 0.15) is 24.3 Å². The van der Waals surface area contributed by atoms with Crippen LogP contribution < -0.4 is 9.64 Å². The number of benzene rings is 1. The maximum atomic E-state index is 12.4. The second-order valence-electron chi connectivity index (χ2n) is 5.57. The number of nitrogens with zero attached hydrogens (tertiary/aromatic N) is 1. The Hall–Kier alpha value is -2.58. The Labute approximate surface area is 152 Å². The van der Waals surface area contributed by atoms with E-state index in [2.05, 4.69) is 0 Å². The van der Waals surface area contributed by atoms with E-state index in [0.717, 1.165) is 0 Å². The quantitative estimate of drug-likeness (QED) is 0.672. The van der Waals surface area contributed by atoms with Gasteiger partial charge in [-0.25, -0.2) is 9.59 Å². The SMILES string of the molecule is COCC(C)Oc1ccccc1N1COCC(C(=O)OC)=C1C(=O)OC. The monoisotopic (exact) mass is 365 g/mol. The summed E-state index contributed by atoms with van der Waals surface area (Å²) in [5.41, 5.74) is 0.725. The molecular formula is C18H23NO7. The van der Waals surface area contributed by atoms with Crippen molar-refractivity contribution in [3.8, 4) is 5.75 Å². The van der Waals surface area contributed by atoms with Crippen LogP contribution in [0.15, 0.2) is 35.5 Å². The van der Waals surface area contributed by atoms with E-state index < -0.39 is 11.9 Å². The number of rotatable bonds is 7. The minimum absolute atomic E-state index is 0.0449. The molecule has 0 saturated heterocycles. The molecule has 1 aliphatic heterocycles. The Morgan fingerprint density at radius 1 is 1.15 bits per heavy atom. The van der Waals surface area contributed by atoms with Gasteiger partial charge in [0.15, 0.2) is 0 Å². The summed E-state index contributed by atoms with van der Waals surface area (Å²) in [5.74, 6) is -0.789. The van der Waals surface area contributed by atoms with Crippen molar-refractivity contribution in [2.45, 2.75) is 13.0 Å². The van der Waals surface area contributed by atoms with Crippen LogP contribution in [0.5, 0.6) is 5.75 Å². The molecule has 8 heteroatoms. The van der Waals surface area contributed by atoms with E-state index >= 15 is 0 Å². The molecule has 0 amide bonds. The van der Waals surface area contributed by atoms with Crippen molar-refractivity contribution >= 4 is 17.6 Å². The predicted molar refractivity (Wildman–Crippen MR) is 92.8 cm³/mol. The number of esters is 2. The third kappa shape index (κ3) is 4.33. The highest BCUT2D eigenvalue weighted by atomic mass is 16.5. The molecule has 142 valence electrons. The van der Waals surface area contributed by atoms with Gasteiger partial charge in [-0.3, -0.25) is 0 Å². The van der Waals surface area contributed by atoms with Gasteiger partial charge in [-0.15, -0.1) is 0 Å². The molecule has 2 rings (SSSR count). The van der Waals surface area contributed by atoms with E-state index in [1.54, 1.807) is 25.3 Å². The molecule has 1 aromatic carbocycles. The van der Waals surface area contributed by atoms with E-state index in [1.807, 2.05) is 13.0 Å². The highest BCUT2D eigenvalue weighted by Gasteiger charge is 2.33. The van der Waals surface area contributed by atoms with Crippen molar-refractivity contribution in [2.24, 2.45) is 0 Å². The number of carbonyl (C=O) groups is 2. The Bertz CT molecular complexity index is 686. The molecule has 26 heavy (non-hydrogen) atoms. The van der Waals surface area contributed by atoms with Gasteiger partial charge in [0.2, 0.25) is 0 Å². The van der Waals surface area contributed by atoms with Gasteiger partial charge in [-0.05, 0) is 19.1 Å². The Kier molecular flexibility index (Phi) is 6.99. The first-order chi connectivity index (χ1) is 12.5. The molecule has 1 aliphatic rings. The fraction of sp³-hybridized carbons (Fsp3) is 0.444. The van der Waals surface area contributed by atoms with Crippen molar-refractivity contribution in [1.82, 2.24) is 0 Å². The molecule has 1 unspecified atom stereocenters. The normalized spacial score (nSPS) is 15.5. The molecule has 0 radical (unpaired) electrons. The highest BCUT2D eigenvalue weighted by molar-refractivity contribution is 6.03. The lowest BCUT2D eigenvalue weighted by atomic mass is 10.1. The average molecular weight is 365 g/mol. The summed E-state index contributed by atoms with van der Waals surface area (Å²) in [5, 5.41) is 0. The largest absolute Gasteiger partial charge is 0.486 e. The van der Waals surface area contributed by atoms with E-state index in [1.165, 1.54) is 19.1 Å². The summed E-state index contributed by atoms with van der Waals surface area (Å²) in [6, 6.07) is 7.14. The van der Waals surface area contributed by atoms with Gasteiger partial charge in [-0.1, -0.05) is 12.1 Å². The fourth-order valence-electron chi connectivity index (χ4n) is 2.60. The van der Waals surface area contributed by atoms with E-state index in [0.29, 0.717) is 18.0 Å². The summed E-state index contributed by atoms with van der Waals surface area (Å²) in [4.78, 5) is 26.0. The van der Waals surface area contributed by atoms with Gasteiger partial charge in [0.05, 0.1) is 38.7 Å². The van der Waals surface area contributed by atoms with Crippen LogP contribution in [0.4, 0.5) is 5.69 Å². The van der Waals surface area contributed by atoms with Gasteiger partial charge >= 0.3 is 11.9 Å². The fourth-order valence-corrected chi connectivity index (χ4v) is 2.60. The summed E-state index contributed by atoms with van der Waals surface area (Å²) in [6.45, 7) is 2.28. The van der Waals surface area contributed by atoms with Crippen molar-refractivity contribution in [2.75, 3.05) is 46.2 Å². The first-order valence-electron chi connectivity index (χ1n) is 8.03. The van der Waals surface area contributed by atoms with Crippen molar-refractivity contribution < 1.29 is 33.3 Å². The van der Waals surface area contributed by atoms with Gasteiger partial charge in [0, 0.05) is 7.11 Å². The lowest BCUT2D eigenvalue weighted by molar-refractivity contribution is -0.140. The zero-order chi connectivity index (χ0) is 19.1. The highest BCUT2D eigenvalue weighted by Crippen LogP contribution is 2.34. The van der Waals surface area contributed by atoms with Crippen LogP contribution in [-0.2, 0) is 28.5 Å². The van der Waals surface area contributed by atoms with Crippen LogP contribution in [-0.4, -0.2) is 59.3 Å². The lowest BCUT2D eigenvalue weighted by Gasteiger charge is -2.32. The molecule has 0 fully saturated rings. The van der Waals surface area contributed by atoms with Crippen LogP contribution in [0.25, 0.3) is 0 Å². The minimum Gasteiger partial charge on any atom is -0.486 e. The number of para-hydroxylation sites is 2. The molecule has 1 atom stereocenters. The molecule has 0 spiro atoms. The number of hydrogen-bond acceptors (Lipinski definition) is 8. The maximum Gasteiger partial charge on any atom is 0.355 e. The van der Waals surface area contributed by atoms with Crippen molar-refractivity contribution in [3.63, 3.8) is 0 Å². The van der Waals surface area contributed by atoms with Gasteiger partial charge < -0.3 is 28.6 Å². The minimum atomic E-state index is -0.659. The molecule has 0 aromatic heterocycles. The first kappa shape index (κ1) is 19.7. The Morgan fingerprint density at radius 2 is 1.85 bits per heavy atom. The molecule has 0 N–H and O–H groups in total. The predicted octanol–water partition coefficient (Wildman–Crippen LogP) is 1.49. The second-order valence-corrected chi connectivity index (χ2v) is 5.57. The molecule has 0 saturated carbocycles. The summed E-state index contributed by atoms with van der Waals surface area (Å²) in [6.07, 6.45) is -0.211. The molecule has 0 aliphatic carbocycles. The maximum absolute atomic E-state index is 12.4. The second kappa shape index (κ2) is 9.21. The van der Waals surface area contributed by atoms with Crippen LogP contribution in [0, 0.1) is 0 Å². The topological polar surface area (TPSA) is 83.5 Å². The molecule has 0 bridgehead atoms. The van der Waals surface area contributed by atoms with Crippen LogP contribution >= 0.6 is 0 Å². The number of anilines is 1. The van der Waals surface area contributed by atoms with Crippen molar-refractivity contribution in [1.29, 1.82) is 0 Å². The number of carbonyl (C=O) groups excluding carboxylic acids is 2. The van der Waals surface area contributed by atoms with Crippen LogP contribution in [0.2, 0.25) is 0 Å². The van der Waals surface area contributed by atoms with E-state index in [-0.39, 0.29) is 30.7 Å². The summed E-state index contributed by atoms with van der Waals surface area (Å²) >= 11 is 0.